The van der Waals surface area contributed by atoms with Gasteiger partial charge in [-0.25, -0.2) is 4.98 Å². The number of alkyl halides is 3. The van der Waals surface area contributed by atoms with E-state index in [4.69, 9.17) is 0 Å². The molecule has 0 amide bonds. The molecule has 0 atom stereocenters. The highest BCUT2D eigenvalue weighted by molar-refractivity contribution is 7.13. The van der Waals surface area contributed by atoms with E-state index in [1.807, 2.05) is 5.38 Å². The number of anilines is 1. The summed E-state index contributed by atoms with van der Waals surface area (Å²) >= 11 is 1.39. The second-order valence-electron chi connectivity index (χ2n) is 4.56. The number of hydrogen-bond donors (Lipinski definition) is 1. The van der Waals surface area contributed by atoms with Gasteiger partial charge in [-0.05, 0) is 12.8 Å². The highest BCUT2D eigenvalue weighted by atomic mass is 32.1. The summed E-state index contributed by atoms with van der Waals surface area (Å²) in [6.07, 6.45) is -2.49. The summed E-state index contributed by atoms with van der Waals surface area (Å²) in [6, 6.07) is 0.609. The summed E-state index contributed by atoms with van der Waals surface area (Å²) in [5.41, 5.74) is 0.903. The molecule has 1 N–H and O–H groups in total. The van der Waals surface area contributed by atoms with Gasteiger partial charge >= 0.3 is 6.18 Å². The summed E-state index contributed by atoms with van der Waals surface area (Å²) < 4.78 is 36.3. The maximum Gasteiger partial charge on any atom is 0.390 e. The molecule has 0 bridgehead atoms. The van der Waals surface area contributed by atoms with Crippen LogP contribution in [0.15, 0.2) is 5.38 Å². The van der Waals surface area contributed by atoms with Crippen molar-refractivity contribution in [3.63, 3.8) is 0 Å². The molecule has 7 heteroatoms. The first kappa shape index (κ1) is 13.6. The lowest BCUT2D eigenvalue weighted by Gasteiger charge is -2.16. The SMILES string of the molecule is CN(CCC(F)(F)F)c1nc(CNC2CC2)cs1. The third-order valence-corrected chi connectivity index (χ3v) is 3.75. The number of halogens is 3. The molecular formula is C11H16F3N3S. The molecule has 1 aliphatic carbocycles. The standard InChI is InChI=1S/C11H16F3N3S/c1-17(5-4-11(12,13)14)10-16-9(7-18-10)6-15-8-2-3-8/h7-8,15H,2-6H2,1H3. The molecule has 1 aliphatic rings. The zero-order valence-electron chi connectivity index (χ0n) is 10.1. The fourth-order valence-corrected chi connectivity index (χ4v) is 2.30. The first-order valence-corrected chi connectivity index (χ1v) is 6.78. The zero-order chi connectivity index (χ0) is 13.2. The molecule has 0 aromatic carbocycles. The van der Waals surface area contributed by atoms with E-state index in [0.29, 0.717) is 17.7 Å². The van der Waals surface area contributed by atoms with E-state index in [1.54, 1.807) is 11.9 Å². The Bertz CT molecular complexity index is 387. The summed E-state index contributed by atoms with van der Waals surface area (Å²) in [5, 5.41) is 5.87. The van der Waals surface area contributed by atoms with Gasteiger partial charge < -0.3 is 10.2 Å². The number of aromatic nitrogens is 1. The van der Waals surface area contributed by atoms with Crippen LogP contribution in [0.2, 0.25) is 0 Å². The minimum absolute atomic E-state index is 0.0491. The van der Waals surface area contributed by atoms with Crippen molar-refractivity contribution in [2.24, 2.45) is 0 Å². The van der Waals surface area contributed by atoms with Crippen molar-refractivity contribution in [3.8, 4) is 0 Å². The molecule has 1 saturated carbocycles. The van der Waals surface area contributed by atoms with Gasteiger partial charge in [-0.3, -0.25) is 0 Å². The third-order valence-electron chi connectivity index (χ3n) is 2.75. The van der Waals surface area contributed by atoms with Crippen molar-refractivity contribution in [3.05, 3.63) is 11.1 Å². The number of nitrogens with one attached hydrogen (secondary N) is 1. The molecule has 3 nitrogen and oxygen atoms in total. The molecule has 2 rings (SSSR count). The molecule has 1 aromatic heterocycles. The Kier molecular flexibility index (Phi) is 4.11. The molecule has 0 aliphatic heterocycles. The topological polar surface area (TPSA) is 28.2 Å². The Morgan fingerprint density at radius 3 is 2.83 bits per heavy atom. The van der Waals surface area contributed by atoms with Gasteiger partial charge in [-0.1, -0.05) is 0 Å². The van der Waals surface area contributed by atoms with Crippen LogP contribution in [0, 0.1) is 0 Å². The van der Waals surface area contributed by atoms with E-state index < -0.39 is 12.6 Å². The van der Waals surface area contributed by atoms with E-state index in [-0.39, 0.29) is 6.54 Å². The highest BCUT2D eigenvalue weighted by Crippen LogP contribution is 2.24. The van der Waals surface area contributed by atoms with Gasteiger partial charge in [0.05, 0.1) is 12.1 Å². The summed E-state index contributed by atoms with van der Waals surface area (Å²) in [6.45, 7) is 0.654. The molecule has 0 spiro atoms. The van der Waals surface area contributed by atoms with Crippen molar-refractivity contribution < 1.29 is 13.2 Å². The predicted octanol–water partition coefficient (Wildman–Crippen LogP) is 2.78. The van der Waals surface area contributed by atoms with E-state index in [2.05, 4.69) is 10.3 Å². The predicted molar refractivity (Wildman–Crippen MR) is 65.9 cm³/mol. The monoisotopic (exact) mass is 279 g/mol. The average Bonchev–Trinajstić information content (AvgIpc) is 3.00. The van der Waals surface area contributed by atoms with E-state index in [9.17, 15) is 13.2 Å². The van der Waals surface area contributed by atoms with Crippen LogP contribution in [0.5, 0.6) is 0 Å². The van der Waals surface area contributed by atoms with Crippen LogP contribution in [0.25, 0.3) is 0 Å². The van der Waals surface area contributed by atoms with E-state index >= 15 is 0 Å². The summed E-state index contributed by atoms with van der Waals surface area (Å²) in [4.78, 5) is 5.88. The molecule has 0 saturated heterocycles. The van der Waals surface area contributed by atoms with Crippen LogP contribution in [0.4, 0.5) is 18.3 Å². The first-order valence-electron chi connectivity index (χ1n) is 5.90. The fraction of sp³-hybridized carbons (Fsp3) is 0.727. The Balaban J connectivity index is 1.80. The molecule has 1 aromatic rings. The molecule has 1 fully saturated rings. The van der Waals surface area contributed by atoms with Gasteiger partial charge in [-0.15, -0.1) is 11.3 Å². The molecule has 0 unspecified atom stereocenters. The molecule has 102 valence electrons. The van der Waals surface area contributed by atoms with E-state index in [1.165, 1.54) is 24.2 Å². The molecule has 1 heterocycles. The van der Waals surface area contributed by atoms with Crippen molar-refractivity contribution in [2.75, 3.05) is 18.5 Å². The van der Waals surface area contributed by atoms with Gasteiger partial charge in [0.25, 0.3) is 0 Å². The maximum atomic E-state index is 12.1. The lowest BCUT2D eigenvalue weighted by Crippen LogP contribution is -2.24. The average molecular weight is 279 g/mol. The number of nitrogens with zero attached hydrogens (tertiary/aromatic N) is 2. The lowest BCUT2D eigenvalue weighted by molar-refractivity contribution is -0.132. The number of thiazole rings is 1. The largest absolute Gasteiger partial charge is 0.390 e. The van der Waals surface area contributed by atoms with Gasteiger partial charge in [-0.2, -0.15) is 13.2 Å². The lowest BCUT2D eigenvalue weighted by atomic mass is 10.4. The molecule has 18 heavy (non-hydrogen) atoms. The first-order chi connectivity index (χ1) is 8.44. The van der Waals surface area contributed by atoms with Crippen LogP contribution in [-0.4, -0.2) is 30.8 Å². The van der Waals surface area contributed by atoms with Gasteiger partial charge in [0.15, 0.2) is 5.13 Å². The summed E-state index contributed by atoms with van der Waals surface area (Å²) in [7, 11) is 1.64. The number of rotatable bonds is 6. The van der Waals surface area contributed by atoms with Crippen molar-refractivity contribution in [1.82, 2.24) is 10.3 Å². The van der Waals surface area contributed by atoms with Gasteiger partial charge in [0.1, 0.15) is 0 Å². The zero-order valence-corrected chi connectivity index (χ0v) is 10.9. The van der Waals surface area contributed by atoms with Gasteiger partial charge in [0, 0.05) is 31.6 Å². The van der Waals surface area contributed by atoms with Crippen LogP contribution < -0.4 is 10.2 Å². The van der Waals surface area contributed by atoms with Crippen molar-refractivity contribution in [1.29, 1.82) is 0 Å². The Labute approximate surface area is 108 Å². The Hall–Kier alpha value is -0.820. The van der Waals surface area contributed by atoms with Crippen LogP contribution >= 0.6 is 11.3 Å². The van der Waals surface area contributed by atoms with Crippen LogP contribution in [0.1, 0.15) is 25.0 Å². The minimum atomic E-state index is -4.11. The second-order valence-corrected chi connectivity index (χ2v) is 5.40. The highest BCUT2D eigenvalue weighted by Gasteiger charge is 2.27. The second kappa shape index (κ2) is 5.44. The number of hydrogen-bond acceptors (Lipinski definition) is 4. The van der Waals surface area contributed by atoms with E-state index in [0.717, 1.165) is 5.69 Å². The molecular weight excluding hydrogens is 263 g/mol. The van der Waals surface area contributed by atoms with Crippen molar-refractivity contribution >= 4 is 16.5 Å². The fourth-order valence-electron chi connectivity index (χ4n) is 1.48. The normalized spacial score (nSPS) is 16.0. The third kappa shape index (κ3) is 4.45. The quantitative estimate of drug-likeness (QED) is 0.868. The Morgan fingerprint density at radius 2 is 2.22 bits per heavy atom. The smallest absolute Gasteiger partial charge is 0.351 e. The van der Waals surface area contributed by atoms with Crippen molar-refractivity contribution in [2.45, 2.75) is 38.0 Å². The molecule has 0 radical (unpaired) electrons. The summed E-state index contributed by atoms with van der Waals surface area (Å²) in [5.74, 6) is 0. The van der Waals surface area contributed by atoms with Gasteiger partial charge in [0.2, 0.25) is 0 Å². The van der Waals surface area contributed by atoms with Crippen LogP contribution in [-0.2, 0) is 6.54 Å². The minimum Gasteiger partial charge on any atom is -0.351 e. The Morgan fingerprint density at radius 1 is 1.50 bits per heavy atom. The maximum absolute atomic E-state index is 12.1. The van der Waals surface area contributed by atoms with Crippen LogP contribution in [0.3, 0.4) is 0 Å².